The summed E-state index contributed by atoms with van der Waals surface area (Å²) in [7, 11) is 0. The summed E-state index contributed by atoms with van der Waals surface area (Å²) in [5.74, 6) is -0.284. The number of carbonyl (C=O) groups is 1. The van der Waals surface area contributed by atoms with Gasteiger partial charge in [-0.15, -0.1) is 0 Å². The maximum atomic E-state index is 13.2. The van der Waals surface area contributed by atoms with Crippen molar-refractivity contribution in [3.63, 3.8) is 0 Å². The Morgan fingerprint density at radius 3 is 2.68 bits per heavy atom. The maximum absolute atomic E-state index is 13.2. The van der Waals surface area contributed by atoms with Crippen molar-refractivity contribution < 1.29 is 13.9 Å². The second kappa shape index (κ2) is 6.88. The van der Waals surface area contributed by atoms with Gasteiger partial charge in [0.15, 0.2) is 11.5 Å². The number of esters is 1. The highest BCUT2D eigenvalue weighted by molar-refractivity contribution is 5.88. The Labute approximate surface area is 144 Å². The lowest BCUT2D eigenvalue weighted by Crippen LogP contribution is -2.05. The van der Waals surface area contributed by atoms with E-state index in [1.807, 2.05) is 18.4 Å². The van der Waals surface area contributed by atoms with Crippen molar-refractivity contribution in [2.24, 2.45) is 0 Å². The molecule has 2 aromatic heterocycles. The van der Waals surface area contributed by atoms with Gasteiger partial charge in [-0.05, 0) is 45.0 Å². The van der Waals surface area contributed by atoms with Crippen molar-refractivity contribution >= 4 is 5.97 Å². The maximum Gasteiger partial charge on any atom is 0.358 e. The lowest BCUT2D eigenvalue weighted by atomic mass is 10.1. The average molecular weight is 342 g/mol. The first-order chi connectivity index (χ1) is 12.0. The van der Waals surface area contributed by atoms with Gasteiger partial charge in [0, 0.05) is 17.8 Å². The van der Waals surface area contributed by atoms with Crippen LogP contribution < -0.4 is 0 Å². The predicted molar refractivity (Wildman–Crippen MR) is 91.5 cm³/mol. The number of H-pyrrole nitrogens is 1. The van der Waals surface area contributed by atoms with E-state index in [0.717, 1.165) is 11.3 Å². The Kier molecular flexibility index (Phi) is 4.65. The number of nitrogens with one attached hydrogen (secondary N) is 1. The van der Waals surface area contributed by atoms with E-state index in [4.69, 9.17) is 4.74 Å². The third-order valence-electron chi connectivity index (χ3n) is 3.75. The van der Waals surface area contributed by atoms with E-state index in [9.17, 15) is 9.18 Å². The van der Waals surface area contributed by atoms with Crippen LogP contribution in [0.5, 0.6) is 0 Å². The van der Waals surface area contributed by atoms with Crippen LogP contribution in [-0.2, 0) is 4.74 Å². The number of aromatic nitrogens is 4. The van der Waals surface area contributed by atoms with Crippen LogP contribution >= 0.6 is 0 Å². The molecule has 0 bridgehead atoms. The zero-order valence-corrected chi connectivity index (χ0v) is 14.3. The monoisotopic (exact) mass is 342 g/mol. The first-order valence-electron chi connectivity index (χ1n) is 8.07. The van der Waals surface area contributed by atoms with Gasteiger partial charge in [-0.3, -0.25) is 0 Å². The molecule has 7 heteroatoms. The Bertz CT molecular complexity index is 881. The Hall–Kier alpha value is -2.96. The molecule has 0 unspecified atom stereocenters. The molecule has 3 rings (SSSR count). The molecule has 6 nitrogen and oxygen atoms in total. The van der Waals surface area contributed by atoms with E-state index in [-0.39, 0.29) is 24.2 Å². The molecule has 1 aromatic carbocycles. The molecule has 0 radical (unpaired) electrons. The van der Waals surface area contributed by atoms with Crippen molar-refractivity contribution in [3.05, 3.63) is 48.3 Å². The minimum atomic E-state index is -0.482. The van der Waals surface area contributed by atoms with Crippen molar-refractivity contribution in [2.75, 3.05) is 6.61 Å². The number of imidazole rings is 2. The highest BCUT2D eigenvalue weighted by Gasteiger charge is 2.21. The molecule has 0 amide bonds. The van der Waals surface area contributed by atoms with Crippen LogP contribution in [0.3, 0.4) is 0 Å². The minimum Gasteiger partial charge on any atom is -0.461 e. The van der Waals surface area contributed by atoms with Crippen LogP contribution in [0.1, 0.15) is 37.3 Å². The van der Waals surface area contributed by atoms with Gasteiger partial charge in [0.1, 0.15) is 11.5 Å². The minimum absolute atomic E-state index is 0.132. The number of hydrogen-bond acceptors (Lipinski definition) is 4. The molecule has 0 aliphatic heterocycles. The molecular weight excluding hydrogens is 323 g/mol. The smallest absolute Gasteiger partial charge is 0.358 e. The second-order valence-corrected chi connectivity index (χ2v) is 5.80. The summed E-state index contributed by atoms with van der Waals surface area (Å²) in [6.07, 6.45) is 3.23. The number of halogens is 1. The zero-order valence-electron chi connectivity index (χ0n) is 14.3. The van der Waals surface area contributed by atoms with E-state index in [2.05, 4.69) is 15.0 Å². The standard InChI is InChI=1S/C18H19FN4O2/c1-4-25-18(24)14-9-20-17(22-14)16-15(21-10-23(16)11(2)3)12-5-7-13(19)8-6-12/h5-11H,4H2,1-3H3,(H,20,22). The van der Waals surface area contributed by atoms with Gasteiger partial charge in [0.2, 0.25) is 0 Å². The zero-order chi connectivity index (χ0) is 18.0. The molecule has 3 aromatic rings. The molecule has 0 atom stereocenters. The van der Waals surface area contributed by atoms with Crippen molar-refractivity contribution in [1.82, 2.24) is 19.5 Å². The fourth-order valence-corrected chi connectivity index (χ4v) is 2.56. The van der Waals surface area contributed by atoms with Crippen LogP contribution in [0.25, 0.3) is 22.8 Å². The third-order valence-corrected chi connectivity index (χ3v) is 3.75. The highest BCUT2D eigenvalue weighted by atomic mass is 19.1. The van der Waals surface area contributed by atoms with E-state index < -0.39 is 5.97 Å². The molecule has 0 saturated heterocycles. The summed E-state index contributed by atoms with van der Waals surface area (Å²) in [6, 6.07) is 6.24. The van der Waals surface area contributed by atoms with Crippen LogP contribution in [0, 0.1) is 5.82 Å². The molecule has 0 aliphatic rings. The van der Waals surface area contributed by atoms with Gasteiger partial charge in [-0.25, -0.2) is 19.2 Å². The summed E-state index contributed by atoms with van der Waals surface area (Å²) >= 11 is 0. The van der Waals surface area contributed by atoms with Gasteiger partial charge in [0.25, 0.3) is 0 Å². The van der Waals surface area contributed by atoms with Crippen molar-refractivity contribution in [2.45, 2.75) is 26.8 Å². The van der Waals surface area contributed by atoms with E-state index in [0.29, 0.717) is 11.5 Å². The number of carbonyl (C=O) groups excluding carboxylic acids is 1. The predicted octanol–water partition coefficient (Wildman–Crippen LogP) is 3.84. The summed E-state index contributed by atoms with van der Waals surface area (Å²) in [4.78, 5) is 23.7. The first kappa shape index (κ1) is 16.9. The fourth-order valence-electron chi connectivity index (χ4n) is 2.56. The largest absolute Gasteiger partial charge is 0.461 e. The number of ether oxygens (including phenoxy) is 1. The summed E-state index contributed by atoms with van der Waals surface area (Å²) in [6.45, 7) is 6.07. The molecule has 0 saturated carbocycles. The quantitative estimate of drug-likeness (QED) is 0.715. The first-order valence-corrected chi connectivity index (χ1v) is 8.07. The molecule has 1 N–H and O–H groups in total. The van der Waals surface area contributed by atoms with E-state index >= 15 is 0 Å². The number of aromatic amines is 1. The van der Waals surface area contributed by atoms with Crippen LogP contribution in [-0.4, -0.2) is 32.1 Å². The van der Waals surface area contributed by atoms with Gasteiger partial charge < -0.3 is 14.3 Å². The molecule has 0 fully saturated rings. The number of benzene rings is 1. The lowest BCUT2D eigenvalue weighted by Gasteiger charge is -2.11. The Morgan fingerprint density at radius 2 is 2.04 bits per heavy atom. The van der Waals surface area contributed by atoms with Crippen molar-refractivity contribution in [1.29, 1.82) is 0 Å². The molecule has 2 heterocycles. The topological polar surface area (TPSA) is 72.8 Å². The van der Waals surface area contributed by atoms with Gasteiger partial charge in [-0.1, -0.05) is 0 Å². The fraction of sp³-hybridized carbons (Fsp3) is 0.278. The SMILES string of the molecule is CCOC(=O)c1c[nH]c(-c2c(-c3ccc(F)cc3)ncn2C(C)C)n1. The molecule has 0 spiro atoms. The van der Waals surface area contributed by atoms with Crippen LogP contribution in [0.15, 0.2) is 36.8 Å². The average Bonchev–Trinajstić information content (AvgIpc) is 3.22. The molecule has 25 heavy (non-hydrogen) atoms. The molecular formula is C18H19FN4O2. The highest BCUT2D eigenvalue weighted by Crippen LogP contribution is 2.31. The number of nitrogens with zero attached hydrogens (tertiary/aromatic N) is 3. The van der Waals surface area contributed by atoms with E-state index in [1.54, 1.807) is 25.4 Å². The normalized spacial score (nSPS) is 11.1. The lowest BCUT2D eigenvalue weighted by molar-refractivity contribution is 0.0520. The molecule has 130 valence electrons. The number of hydrogen-bond donors (Lipinski definition) is 1. The second-order valence-electron chi connectivity index (χ2n) is 5.80. The summed E-state index contributed by atoms with van der Waals surface area (Å²) in [5.41, 5.74) is 2.37. The van der Waals surface area contributed by atoms with Gasteiger partial charge in [-0.2, -0.15) is 0 Å². The Balaban J connectivity index is 2.09. The molecule has 0 aliphatic carbocycles. The third kappa shape index (κ3) is 3.31. The summed E-state index contributed by atoms with van der Waals surface area (Å²) in [5, 5.41) is 0. The van der Waals surface area contributed by atoms with Crippen molar-refractivity contribution in [3.8, 4) is 22.8 Å². The van der Waals surface area contributed by atoms with Crippen LogP contribution in [0.4, 0.5) is 4.39 Å². The number of rotatable bonds is 5. The van der Waals surface area contributed by atoms with E-state index in [1.165, 1.54) is 18.3 Å². The Morgan fingerprint density at radius 1 is 1.32 bits per heavy atom. The van der Waals surface area contributed by atoms with Gasteiger partial charge in [0.05, 0.1) is 18.6 Å². The van der Waals surface area contributed by atoms with Crippen LogP contribution in [0.2, 0.25) is 0 Å². The summed E-state index contributed by atoms with van der Waals surface area (Å²) < 4.78 is 20.2. The van der Waals surface area contributed by atoms with Gasteiger partial charge >= 0.3 is 5.97 Å².